The van der Waals surface area contributed by atoms with Gasteiger partial charge >= 0.3 is 0 Å². The molecular weight excluding hydrogens is 340 g/mol. The normalized spacial score (nSPS) is 48.8. The molecule has 0 heterocycles. The van der Waals surface area contributed by atoms with Crippen molar-refractivity contribution in [3.05, 3.63) is 12.2 Å². The maximum absolute atomic E-state index is 11.3. The van der Waals surface area contributed by atoms with Gasteiger partial charge in [-0.15, -0.1) is 0 Å². The number of rotatable bonds is 5. The van der Waals surface area contributed by atoms with E-state index >= 15 is 0 Å². The van der Waals surface area contributed by atoms with Gasteiger partial charge in [-0.2, -0.15) is 0 Å². The minimum absolute atomic E-state index is 0.0527. The van der Waals surface area contributed by atoms with E-state index < -0.39 is 0 Å². The summed E-state index contributed by atoms with van der Waals surface area (Å²) in [7, 11) is 0. The second kappa shape index (κ2) is 7.75. The van der Waals surface area contributed by atoms with E-state index in [1.165, 1.54) is 57.8 Å². The van der Waals surface area contributed by atoms with E-state index in [-0.39, 0.29) is 6.10 Å². The Hall–Kier alpha value is -0.300. The van der Waals surface area contributed by atoms with Crippen molar-refractivity contribution in [2.45, 2.75) is 105 Å². The van der Waals surface area contributed by atoms with E-state index in [0.717, 1.165) is 41.9 Å². The molecule has 160 valence electrons. The maximum atomic E-state index is 11.3. The summed E-state index contributed by atoms with van der Waals surface area (Å²) in [5.41, 5.74) is 0.780. The van der Waals surface area contributed by atoms with Crippen molar-refractivity contribution in [3.63, 3.8) is 0 Å². The van der Waals surface area contributed by atoms with Crippen LogP contribution in [-0.4, -0.2) is 11.2 Å². The van der Waals surface area contributed by atoms with Gasteiger partial charge in [-0.05, 0) is 97.2 Å². The summed E-state index contributed by atoms with van der Waals surface area (Å²) in [5, 5.41) is 11.3. The van der Waals surface area contributed by atoms with Crippen LogP contribution in [0.1, 0.15) is 98.8 Å². The molecule has 0 radical (unpaired) electrons. The molecule has 1 heteroatoms. The Morgan fingerprint density at radius 3 is 2.57 bits per heavy atom. The molecule has 4 aliphatic carbocycles. The van der Waals surface area contributed by atoms with Crippen LogP contribution in [0.5, 0.6) is 0 Å². The summed E-state index contributed by atoms with van der Waals surface area (Å²) in [4.78, 5) is 0. The number of aliphatic hydroxyl groups excluding tert-OH is 1. The van der Waals surface area contributed by atoms with E-state index in [1.807, 2.05) is 0 Å². The first-order valence-electron chi connectivity index (χ1n) is 12.6. The van der Waals surface area contributed by atoms with Crippen molar-refractivity contribution in [3.8, 4) is 0 Å². The van der Waals surface area contributed by atoms with Crippen molar-refractivity contribution in [2.75, 3.05) is 0 Å². The average molecular weight is 387 g/mol. The first kappa shape index (κ1) is 21.0. The maximum Gasteiger partial charge on any atom is 0.0579 e. The lowest BCUT2D eigenvalue weighted by molar-refractivity contribution is -0.106. The Bertz CT molecular complexity index is 579. The Balaban J connectivity index is 1.53. The van der Waals surface area contributed by atoms with Gasteiger partial charge in [0.2, 0.25) is 0 Å². The van der Waals surface area contributed by atoms with E-state index in [9.17, 15) is 5.11 Å². The molecule has 0 aromatic rings. The fourth-order valence-electron chi connectivity index (χ4n) is 8.86. The number of aliphatic hydroxyl groups is 1. The summed E-state index contributed by atoms with van der Waals surface area (Å²) in [6.07, 6.45) is 18.4. The first-order chi connectivity index (χ1) is 13.3. The molecular formula is C27H46O. The molecule has 28 heavy (non-hydrogen) atoms. The van der Waals surface area contributed by atoms with Gasteiger partial charge < -0.3 is 5.11 Å². The Labute approximate surface area is 174 Å². The van der Waals surface area contributed by atoms with Crippen LogP contribution in [0.2, 0.25) is 0 Å². The van der Waals surface area contributed by atoms with Crippen LogP contribution in [0.15, 0.2) is 12.2 Å². The van der Waals surface area contributed by atoms with Crippen molar-refractivity contribution in [1.29, 1.82) is 0 Å². The molecule has 3 fully saturated rings. The van der Waals surface area contributed by atoms with Crippen LogP contribution in [-0.2, 0) is 0 Å². The smallest absolute Gasteiger partial charge is 0.0579 e. The molecule has 4 rings (SSSR count). The molecule has 2 unspecified atom stereocenters. The lowest BCUT2D eigenvalue weighted by Crippen LogP contribution is -2.53. The Kier molecular flexibility index (Phi) is 5.80. The molecule has 0 aromatic carbocycles. The summed E-state index contributed by atoms with van der Waals surface area (Å²) in [5.74, 6) is 5.33. The van der Waals surface area contributed by atoms with Gasteiger partial charge in [0.05, 0.1) is 6.10 Å². The molecule has 0 saturated heterocycles. The van der Waals surface area contributed by atoms with Crippen molar-refractivity contribution in [2.24, 2.45) is 52.3 Å². The van der Waals surface area contributed by atoms with Gasteiger partial charge in [-0.1, -0.05) is 66.0 Å². The van der Waals surface area contributed by atoms with Crippen LogP contribution >= 0.6 is 0 Å². The van der Waals surface area contributed by atoms with Gasteiger partial charge in [0.1, 0.15) is 0 Å². The number of fused-ring (bicyclic) bond motifs is 5. The van der Waals surface area contributed by atoms with Gasteiger partial charge in [-0.3, -0.25) is 0 Å². The third kappa shape index (κ3) is 3.32. The highest BCUT2D eigenvalue weighted by molar-refractivity contribution is 5.16. The largest absolute Gasteiger partial charge is 0.393 e. The zero-order valence-electron chi connectivity index (χ0n) is 19.3. The van der Waals surface area contributed by atoms with E-state index in [4.69, 9.17) is 0 Å². The predicted molar refractivity (Wildman–Crippen MR) is 119 cm³/mol. The van der Waals surface area contributed by atoms with Crippen LogP contribution in [0.4, 0.5) is 0 Å². The van der Waals surface area contributed by atoms with Crippen LogP contribution < -0.4 is 0 Å². The molecule has 1 N–H and O–H groups in total. The quantitative estimate of drug-likeness (QED) is 0.493. The first-order valence-corrected chi connectivity index (χ1v) is 12.6. The monoisotopic (exact) mass is 386 g/mol. The van der Waals surface area contributed by atoms with E-state index in [2.05, 4.69) is 46.8 Å². The third-order valence-corrected chi connectivity index (χ3v) is 10.3. The van der Waals surface area contributed by atoms with Crippen LogP contribution in [0.3, 0.4) is 0 Å². The molecule has 4 aliphatic rings. The zero-order chi connectivity index (χ0) is 20.1. The summed E-state index contributed by atoms with van der Waals surface area (Å²) >= 11 is 0. The van der Waals surface area contributed by atoms with Gasteiger partial charge in [0, 0.05) is 0 Å². The average Bonchev–Trinajstić information content (AvgIpc) is 2.92. The highest BCUT2D eigenvalue weighted by Gasteiger charge is 2.62. The molecule has 0 aliphatic heterocycles. The van der Waals surface area contributed by atoms with Crippen molar-refractivity contribution < 1.29 is 5.11 Å². The van der Waals surface area contributed by atoms with Crippen molar-refractivity contribution >= 4 is 0 Å². The van der Waals surface area contributed by atoms with Crippen LogP contribution in [0, 0.1) is 52.3 Å². The highest BCUT2D eigenvalue weighted by Crippen LogP contribution is 2.67. The van der Waals surface area contributed by atoms with Gasteiger partial charge in [-0.25, -0.2) is 0 Å². The standard InChI is InChI=1S/C27H46O/c1-18(2)9-8-10-19(3)23-17-24(28)25-21-13-12-20-11-6-7-15-26(20,4)22(21)14-16-27(23,25)5/h7,15,18-25,28H,6,8-14,16-17H2,1-5H3/t19-,20?,21-,22+,23-,24?,25-,26+,27-/m1/s1. The summed E-state index contributed by atoms with van der Waals surface area (Å²) in [6, 6.07) is 0. The molecule has 0 amide bonds. The van der Waals surface area contributed by atoms with Gasteiger partial charge in [0.15, 0.2) is 0 Å². The fourth-order valence-corrected chi connectivity index (χ4v) is 8.86. The Morgan fingerprint density at radius 1 is 1.04 bits per heavy atom. The third-order valence-electron chi connectivity index (χ3n) is 10.3. The minimum Gasteiger partial charge on any atom is -0.393 e. The molecule has 0 aromatic heterocycles. The summed E-state index contributed by atoms with van der Waals surface area (Å²) in [6.45, 7) is 12.3. The molecule has 0 bridgehead atoms. The highest BCUT2D eigenvalue weighted by atomic mass is 16.3. The SMILES string of the molecule is CC(C)CCC[C@@H](C)[C@H]1CC(O)[C@H]2[C@@H]3CCC4CCC=C[C@]4(C)[C@H]3CC[C@]12C. The van der Waals surface area contributed by atoms with Gasteiger partial charge in [0.25, 0.3) is 0 Å². The fraction of sp³-hybridized carbons (Fsp3) is 0.926. The van der Waals surface area contributed by atoms with E-state index in [0.29, 0.717) is 16.7 Å². The lowest BCUT2D eigenvalue weighted by Gasteiger charge is -2.59. The number of allylic oxidation sites excluding steroid dienone is 2. The minimum atomic E-state index is -0.0527. The molecule has 1 nitrogen and oxygen atoms in total. The topological polar surface area (TPSA) is 20.2 Å². The summed E-state index contributed by atoms with van der Waals surface area (Å²) < 4.78 is 0. The molecule has 3 saturated carbocycles. The second-order valence-corrected chi connectivity index (χ2v) is 12.2. The molecule has 9 atom stereocenters. The predicted octanol–water partition coefficient (Wildman–Crippen LogP) is 7.24. The lowest BCUT2D eigenvalue weighted by atomic mass is 9.45. The number of hydrogen-bond acceptors (Lipinski definition) is 1. The zero-order valence-corrected chi connectivity index (χ0v) is 19.3. The molecule has 0 spiro atoms. The number of hydrogen-bond donors (Lipinski definition) is 1. The van der Waals surface area contributed by atoms with Crippen LogP contribution in [0.25, 0.3) is 0 Å². The second-order valence-electron chi connectivity index (χ2n) is 12.2. The van der Waals surface area contributed by atoms with E-state index in [1.54, 1.807) is 0 Å². The Morgan fingerprint density at radius 2 is 1.82 bits per heavy atom. The van der Waals surface area contributed by atoms with Crippen molar-refractivity contribution in [1.82, 2.24) is 0 Å².